The van der Waals surface area contributed by atoms with Crippen molar-refractivity contribution in [2.45, 2.75) is 6.92 Å². The van der Waals surface area contributed by atoms with Crippen LogP contribution in [-0.2, 0) is 4.18 Å². The van der Waals surface area contributed by atoms with Crippen molar-refractivity contribution in [3.63, 3.8) is 0 Å². The van der Waals surface area contributed by atoms with Crippen molar-refractivity contribution in [3.05, 3.63) is 0 Å². The van der Waals surface area contributed by atoms with Crippen molar-refractivity contribution in [2.75, 3.05) is 25.4 Å². The zero-order chi connectivity index (χ0) is 5.91. The summed E-state index contributed by atoms with van der Waals surface area (Å²) < 4.78 is 5.17. The number of rotatable bonds is 2. The van der Waals surface area contributed by atoms with Crippen molar-refractivity contribution in [1.82, 2.24) is 0 Å². The highest BCUT2D eigenvalue weighted by molar-refractivity contribution is 8.28. The van der Waals surface area contributed by atoms with Gasteiger partial charge in [0.15, 0.2) is 0 Å². The van der Waals surface area contributed by atoms with Gasteiger partial charge in [0.25, 0.3) is 0 Å². The molecule has 0 aromatic heterocycles. The second-order valence-electron chi connectivity index (χ2n) is 1.89. The van der Waals surface area contributed by atoms with E-state index in [1.807, 2.05) is 0 Å². The van der Waals surface area contributed by atoms with Crippen LogP contribution in [0.15, 0.2) is 0 Å². The molecule has 2 heteroatoms. The Hall–Kier alpha value is 0.310. The monoisotopic (exact) mass is 122 g/mol. The van der Waals surface area contributed by atoms with Crippen LogP contribution in [0.5, 0.6) is 0 Å². The Morgan fingerprint density at radius 2 is 1.86 bits per heavy atom. The van der Waals surface area contributed by atoms with E-state index in [0.717, 1.165) is 5.75 Å². The van der Waals surface area contributed by atoms with E-state index in [1.54, 1.807) is 7.11 Å². The SMILES string of the molecule is CCS(C)(C)OC. The van der Waals surface area contributed by atoms with E-state index in [4.69, 9.17) is 4.18 Å². The third-order valence-corrected chi connectivity index (χ3v) is 3.44. The van der Waals surface area contributed by atoms with E-state index in [2.05, 4.69) is 19.4 Å². The van der Waals surface area contributed by atoms with Gasteiger partial charge in [-0.15, -0.1) is 10.3 Å². The second kappa shape index (κ2) is 2.58. The van der Waals surface area contributed by atoms with Crippen LogP contribution in [0.3, 0.4) is 0 Å². The average Bonchev–Trinajstić information content (AvgIpc) is 1.68. The molecule has 0 aromatic rings. The molecule has 0 N–H and O–H groups in total. The molecule has 46 valence electrons. The van der Waals surface area contributed by atoms with Crippen LogP contribution < -0.4 is 0 Å². The summed E-state index contributed by atoms with van der Waals surface area (Å²) in [5.74, 6) is 1.16. The molecular weight excluding hydrogens is 108 g/mol. The van der Waals surface area contributed by atoms with Gasteiger partial charge in [-0.25, -0.2) is 0 Å². The van der Waals surface area contributed by atoms with Gasteiger partial charge in [0.05, 0.1) is 0 Å². The van der Waals surface area contributed by atoms with Crippen LogP contribution in [0.2, 0.25) is 0 Å². The minimum absolute atomic E-state index is 0.657. The fourth-order valence-corrected chi connectivity index (χ4v) is 0.354. The van der Waals surface area contributed by atoms with E-state index in [1.165, 1.54) is 0 Å². The molecule has 0 radical (unpaired) electrons. The summed E-state index contributed by atoms with van der Waals surface area (Å²) in [5.41, 5.74) is 0. The summed E-state index contributed by atoms with van der Waals surface area (Å²) in [6.45, 7) is 2.15. The van der Waals surface area contributed by atoms with Crippen molar-refractivity contribution >= 4 is 10.3 Å². The molecule has 0 amide bonds. The van der Waals surface area contributed by atoms with Crippen molar-refractivity contribution in [3.8, 4) is 0 Å². The van der Waals surface area contributed by atoms with E-state index in [9.17, 15) is 0 Å². The lowest BCUT2D eigenvalue weighted by Crippen LogP contribution is -1.98. The van der Waals surface area contributed by atoms with Gasteiger partial charge in [0.1, 0.15) is 0 Å². The first-order chi connectivity index (χ1) is 3.12. The maximum absolute atomic E-state index is 5.17. The summed E-state index contributed by atoms with van der Waals surface area (Å²) in [4.78, 5) is 0. The molecule has 0 fully saturated rings. The molecule has 1 nitrogen and oxygen atoms in total. The highest BCUT2D eigenvalue weighted by Gasteiger charge is 2.03. The predicted octanol–water partition coefficient (Wildman–Crippen LogP) is 1.63. The summed E-state index contributed by atoms with van der Waals surface area (Å²) in [6, 6.07) is 0. The van der Waals surface area contributed by atoms with Crippen molar-refractivity contribution < 1.29 is 4.18 Å². The highest BCUT2D eigenvalue weighted by Crippen LogP contribution is 2.38. The predicted molar refractivity (Wildman–Crippen MR) is 37.0 cm³/mol. The molecule has 0 bridgehead atoms. The molecule has 0 aliphatic heterocycles. The van der Waals surface area contributed by atoms with Gasteiger partial charge in [-0.3, -0.25) is 0 Å². The Morgan fingerprint density at radius 3 is 1.86 bits per heavy atom. The van der Waals surface area contributed by atoms with E-state index < -0.39 is 10.3 Å². The van der Waals surface area contributed by atoms with Crippen LogP contribution in [0, 0.1) is 0 Å². The maximum atomic E-state index is 5.17. The third-order valence-electron chi connectivity index (χ3n) is 1.15. The van der Waals surface area contributed by atoms with Crippen LogP contribution in [0.1, 0.15) is 6.92 Å². The van der Waals surface area contributed by atoms with E-state index >= 15 is 0 Å². The molecule has 0 aliphatic carbocycles. The fraction of sp³-hybridized carbons (Fsp3) is 1.00. The smallest absolute Gasteiger partial charge is 0.0481 e. The van der Waals surface area contributed by atoms with Gasteiger partial charge >= 0.3 is 0 Å². The van der Waals surface area contributed by atoms with Gasteiger partial charge in [-0.1, -0.05) is 6.92 Å². The zero-order valence-electron chi connectivity index (χ0n) is 5.52. The lowest BCUT2D eigenvalue weighted by molar-refractivity contribution is 0.471. The topological polar surface area (TPSA) is 9.23 Å². The summed E-state index contributed by atoms with van der Waals surface area (Å²) >= 11 is 0. The van der Waals surface area contributed by atoms with Gasteiger partial charge in [-0.05, 0) is 18.3 Å². The van der Waals surface area contributed by atoms with Gasteiger partial charge in [-0.2, -0.15) is 0 Å². The van der Waals surface area contributed by atoms with Crippen LogP contribution >= 0.6 is 10.3 Å². The van der Waals surface area contributed by atoms with Gasteiger partial charge in [0.2, 0.25) is 0 Å². The van der Waals surface area contributed by atoms with Gasteiger partial charge in [0, 0.05) is 7.11 Å². The van der Waals surface area contributed by atoms with E-state index in [-0.39, 0.29) is 0 Å². The normalized spacial score (nSPS) is 14.3. The lowest BCUT2D eigenvalue weighted by Gasteiger charge is -2.26. The fourth-order valence-electron chi connectivity index (χ4n) is 0.118. The molecule has 0 saturated carbocycles. The molecule has 0 rings (SSSR count). The zero-order valence-corrected chi connectivity index (χ0v) is 6.34. The second-order valence-corrected chi connectivity index (χ2v) is 5.68. The standard InChI is InChI=1S/C5H14OS/c1-5-7(3,4)6-2/h5H2,1-4H3. The molecule has 7 heavy (non-hydrogen) atoms. The van der Waals surface area contributed by atoms with Crippen LogP contribution in [0.25, 0.3) is 0 Å². The Balaban J connectivity index is 3.36. The lowest BCUT2D eigenvalue weighted by atomic mass is 11.0. The minimum atomic E-state index is -0.657. The molecule has 0 saturated heterocycles. The third kappa shape index (κ3) is 2.94. The average molecular weight is 122 g/mol. The quantitative estimate of drug-likeness (QED) is 0.541. The molecule has 0 spiro atoms. The Bertz CT molecular complexity index is 46.0. The Morgan fingerprint density at radius 1 is 1.43 bits per heavy atom. The summed E-state index contributed by atoms with van der Waals surface area (Å²) in [5, 5.41) is 0. The molecule has 0 atom stereocenters. The van der Waals surface area contributed by atoms with Crippen molar-refractivity contribution in [2.24, 2.45) is 0 Å². The maximum Gasteiger partial charge on any atom is 0.0481 e. The van der Waals surface area contributed by atoms with Crippen LogP contribution in [0.4, 0.5) is 0 Å². The van der Waals surface area contributed by atoms with E-state index in [0.29, 0.717) is 0 Å². The molecule has 0 aliphatic rings. The first-order valence-corrected chi connectivity index (χ1v) is 4.93. The first-order valence-electron chi connectivity index (χ1n) is 2.39. The number of hydrogen-bond donors (Lipinski definition) is 0. The largest absolute Gasteiger partial charge is 0.340 e. The van der Waals surface area contributed by atoms with Crippen LogP contribution in [-0.4, -0.2) is 25.4 Å². The summed E-state index contributed by atoms with van der Waals surface area (Å²) in [6.07, 6.45) is 4.32. The Labute approximate surface area is 47.6 Å². The highest BCUT2D eigenvalue weighted by atomic mass is 32.3. The first kappa shape index (κ1) is 7.31. The van der Waals surface area contributed by atoms with Gasteiger partial charge < -0.3 is 4.18 Å². The molecule has 0 unspecified atom stereocenters. The molecular formula is C5H14OS. The minimum Gasteiger partial charge on any atom is -0.340 e. The number of hydrogen-bond acceptors (Lipinski definition) is 1. The molecule has 0 heterocycles. The Kier molecular flexibility index (Phi) is 2.69. The molecule has 0 aromatic carbocycles. The van der Waals surface area contributed by atoms with Crippen molar-refractivity contribution in [1.29, 1.82) is 0 Å². The summed E-state index contributed by atoms with van der Waals surface area (Å²) in [7, 11) is 1.12.